The van der Waals surface area contributed by atoms with Crippen LogP contribution in [0.4, 0.5) is 10.5 Å². The molecule has 0 bridgehead atoms. The van der Waals surface area contributed by atoms with Gasteiger partial charge in [0.2, 0.25) is 0 Å². The lowest BCUT2D eigenvalue weighted by molar-refractivity contribution is -0.0852. The molecule has 0 radical (unpaired) electrons. The molecule has 5 nitrogen and oxygen atoms in total. The van der Waals surface area contributed by atoms with E-state index < -0.39 is 0 Å². The molecule has 1 atom stereocenters. The van der Waals surface area contributed by atoms with Gasteiger partial charge in [-0.25, -0.2) is 4.79 Å². The highest BCUT2D eigenvalue weighted by Gasteiger charge is 2.18. The van der Waals surface area contributed by atoms with Crippen LogP contribution in [-0.4, -0.2) is 50.0 Å². The quantitative estimate of drug-likeness (QED) is 0.870. The Kier molecular flexibility index (Phi) is 6.50. The summed E-state index contributed by atoms with van der Waals surface area (Å²) in [5.74, 6) is 2.42. The maximum absolute atomic E-state index is 12.0. The highest BCUT2D eigenvalue weighted by Crippen LogP contribution is 2.43. The minimum absolute atomic E-state index is 0.0594. The minimum atomic E-state index is -0.208. The van der Waals surface area contributed by atoms with Crippen molar-refractivity contribution in [3.63, 3.8) is 0 Å². The van der Waals surface area contributed by atoms with Crippen molar-refractivity contribution in [2.75, 3.05) is 43.2 Å². The molecule has 2 N–H and O–H groups in total. The summed E-state index contributed by atoms with van der Waals surface area (Å²) in [5, 5.41) is 5.73. The predicted octanol–water partition coefficient (Wildman–Crippen LogP) is 3.09. The van der Waals surface area contributed by atoms with E-state index in [9.17, 15) is 4.79 Å². The third-order valence-corrected chi connectivity index (χ3v) is 6.63. The Morgan fingerprint density at radius 1 is 1.26 bits per heavy atom. The van der Waals surface area contributed by atoms with E-state index >= 15 is 0 Å². The molecule has 2 saturated heterocycles. The Hall–Kier alpha value is -0.890. The Morgan fingerprint density at radius 3 is 2.91 bits per heavy atom. The topological polar surface area (TPSA) is 59.6 Å². The maximum Gasteiger partial charge on any atom is 0.319 e. The third-order valence-electron chi connectivity index (χ3n) is 3.62. The highest BCUT2D eigenvalue weighted by atomic mass is 32.2. The monoisotopic (exact) mass is 354 g/mol. The van der Waals surface area contributed by atoms with Gasteiger partial charge in [-0.2, -0.15) is 0 Å². The van der Waals surface area contributed by atoms with E-state index in [0.29, 0.717) is 30.9 Å². The molecule has 7 heteroatoms. The smallest absolute Gasteiger partial charge is 0.319 e. The molecule has 1 aromatic rings. The molecule has 23 heavy (non-hydrogen) atoms. The largest absolute Gasteiger partial charge is 0.376 e. The Bertz CT molecular complexity index is 518. The van der Waals surface area contributed by atoms with E-state index in [1.54, 1.807) is 0 Å². The van der Waals surface area contributed by atoms with Crippen LogP contribution in [0.3, 0.4) is 0 Å². The lowest BCUT2D eigenvalue weighted by Crippen LogP contribution is -2.41. The standard InChI is InChI=1S/C16H22N2O3S2/c19-16(17-10-14-11-20-5-6-21-14)18-13-4-1-3-12(9-13)15-22-7-2-8-23-15/h1,3-4,9,14-15H,2,5-8,10-11H2,(H2,17,18,19)/t14-/m1/s1. The van der Waals surface area contributed by atoms with E-state index in [2.05, 4.69) is 22.8 Å². The van der Waals surface area contributed by atoms with Crippen LogP contribution in [0.25, 0.3) is 0 Å². The number of hydrogen-bond donors (Lipinski definition) is 2. The summed E-state index contributed by atoms with van der Waals surface area (Å²) in [6.45, 7) is 2.21. The highest BCUT2D eigenvalue weighted by molar-refractivity contribution is 8.16. The van der Waals surface area contributed by atoms with Crippen molar-refractivity contribution in [2.45, 2.75) is 17.1 Å². The summed E-state index contributed by atoms with van der Waals surface area (Å²) >= 11 is 3.95. The van der Waals surface area contributed by atoms with Crippen LogP contribution in [0.15, 0.2) is 24.3 Å². The number of urea groups is 1. The normalized spacial score (nSPS) is 22.5. The molecule has 2 aliphatic heterocycles. The number of amides is 2. The van der Waals surface area contributed by atoms with Crippen LogP contribution in [0, 0.1) is 0 Å². The first kappa shape index (κ1) is 17.0. The number of rotatable bonds is 4. The number of carbonyl (C=O) groups is 1. The zero-order chi connectivity index (χ0) is 15.9. The fourth-order valence-corrected chi connectivity index (χ4v) is 5.35. The van der Waals surface area contributed by atoms with Crippen LogP contribution in [0.5, 0.6) is 0 Å². The van der Waals surface area contributed by atoms with Crippen molar-refractivity contribution >= 4 is 35.2 Å². The van der Waals surface area contributed by atoms with Gasteiger partial charge in [-0.3, -0.25) is 0 Å². The summed E-state index contributed by atoms with van der Waals surface area (Å²) < 4.78 is 11.3. The first-order valence-electron chi connectivity index (χ1n) is 7.88. The van der Waals surface area contributed by atoms with Gasteiger partial charge in [-0.05, 0) is 35.6 Å². The molecule has 2 heterocycles. The average molecular weight is 354 g/mol. The SMILES string of the molecule is O=C(NC[C@@H]1COCCO1)Nc1cccc(C2SCCCS2)c1. The Balaban J connectivity index is 1.49. The van der Waals surface area contributed by atoms with Gasteiger partial charge in [0.05, 0.1) is 30.5 Å². The number of ether oxygens (including phenoxy) is 2. The number of anilines is 1. The first-order chi connectivity index (χ1) is 11.3. The summed E-state index contributed by atoms with van der Waals surface area (Å²) in [6, 6.07) is 7.91. The molecule has 3 rings (SSSR count). The van der Waals surface area contributed by atoms with E-state index in [1.165, 1.54) is 23.5 Å². The Morgan fingerprint density at radius 2 is 2.13 bits per heavy atom. The zero-order valence-corrected chi connectivity index (χ0v) is 14.6. The van der Waals surface area contributed by atoms with E-state index in [1.807, 2.05) is 35.7 Å². The molecule has 0 aromatic heterocycles. The lowest BCUT2D eigenvalue weighted by Gasteiger charge is -2.23. The Labute approximate surface area is 145 Å². The minimum Gasteiger partial charge on any atom is -0.376 e. The lowest BCUT2D eigenvalue weighted by atomic mass is 10.2. The van der Waals surface area contributed by atoms with Gasteiger partial charge in [0.1, 0.15) is 0 Å². The van der Waals surface area contributed by atoms with Gasteiger partial charge in [-0.15, -0.1) is 23.5 Å². The number of nitrogens with one attached hydrogen (secondary N) is 2. The second-order valence-corrected chi connectivity index (χ2v) is 8.18. The van der Waals surface area contributed by atoms with Crippen molar-refractivity contribution in [1.29, 1.82) is 0 Å². The van der Waals surface area contributed by atoms with Gasteiger partial charge in [-0.1, -0.05) is 12.1 Å². The van der Waals surface area contributed by atoms with Crippen molar-refractivity contribution < 1.29 is 14.3 Å². The molecule has 2 fully saturated rings. The molecule has 2 aliphatic rings. The molecule has 0 unspecified atom stereocenters. The van der Waals surface area contributed by atoms with Gasteiger partial charge in [0.25, 0.3) is 0 Å². The zero-order valence-electron chi connectivity index (χ0n) is 13.0. The molecular formula is C16H22N2O3S2. The van der Waals surface area contributed by atoms with Gasteiger partial charge in [0.15, 0.2) is 0 Å². The fourth-order valence-electron chi connectivity index (χ4n) is 2.48. The number of hydrogen-bond acceptors (Lipinski definition) is 5. The van der Waals surface area contributed by atoms with Crippen LogP contribution < -0.4 is 10.6 Å². The van der Waals surface area contributed by atoms with Crippen LogP contribution in [-0.2, 0) is 9.47 Å². The molecule has 1 aromatic carbocycles. The molecule has 2 amide bonds. The first-order valence-corrected chi connectivity index (χ1v) is 9.98. The molecule has 126 valence electrons. The third kappa shape index (κ3) is 5.31. The second kappa shape index (κ2) is 8.82. The van der Waals surface area contributed by atoms with Gasteiger partial charge in [0, 0.05) is 12.2 Å². The number of carbonyl (C=O) groups excluding carboxylic acids is 1. The summed E-state index contributed by atoms with van der Waals surface area (Å²) in [6.07, 6.45) is 1.22. The van der Waals surface area contributed by atoms with Gasteiger partial charge < -0.3 is 20.1 Å². The maximum atomic E-state index is 12.0. The molecule has 0 aliphatic carbocycles. The predicted molar refractivity (Wildman–Crippen MR) is 96.3 cm³/mol. The molecular weight excluding hydrogens is 332 g/mol. The van der Waals surface area contributed by atoms with Crippen molar-refractivity contribution in [3.8, 4) is 0 Å². The van der Waals surface area contributed by atoms with E-state index in [4.69, 9.17) is 9.47 Å². The summed E-state index contributed by atoms with van der Waals surface area (Å²) in [4.78, 5) is 12.0. The van der Waals surface area contributed by atoms with Crippen molar-refractivity contribution in [3.05, 3.63) is 29.8 Å². The average Bonchev–Trinajstić information content (AvgIpc) is 2.62. The summed E-state index contributed by atoms with van der Waals surface area (Å²) in [5.41, 5.74) is 2.09. The van der Waals surface area contributed by atoms with Crippen LogP contribution in [0.2, 0.25) is 0 Å². The van der Waals surface area contributed by atoms with E-state index in [-0.39, 0.29) is 12.1 Å². The number of benzene rings is 1. The summed E-state index contributed by atoms with van der Waals surface area (Å²) in [7, 11) is 0. The fraction of sp³-hybridized carbons (Fsp3) is 0.562. The van der Waals surface area contributed by atoms with Crippen molar-refractivity contribution in [2.24, 2.45) is 0 Å². The number of thioether (sulfide) groups is 2. The second-order valence-electron chi connectivity index (χ2n) is 5.46. The molecule has 0 spiro atoms. The van der Waals surface area contributed by atoms with E-state index in [0.717, 1.165) is 5.69 Å². The molecule has 0 saturated carbocycles. The van der Waals surface area contributed by atoms with Crippen molar-refractivity contribution in [1.82, 2.24) is 5.32 Å². The van der Waals surface area contributed by atoms with Crippen LogP contribution in [0.1, 0.15) is 16.6 Å². The van der Waals surface area contributed by atoms with Gasteiger partial charge >= 0.3 is 6.03 Å². The van der Waals surface area contributed by atoms with Crippen LogP contribution >= 0.6 is 23.5 Å².